The van der Waals surface area contributed by atoms with Crippen molar-refractivity contribution in [3.05, 3.63) is 7.05 Å². The lowest BCUT2D eigenvalue weighted by atomic mass is 9.99. The van der Waals surface area contributed by atoms with E-state index in [1.165, 1.54) is 19.3 Å². The maximum Gasteiger partial charge on any atom is -0.0212 e. The SMILES string of the molecule is [CH2-]N1C(C)CCCC1C. The Morgan fingerprint density at radius 3 is 2.00 bits per heavy atom. The maximum atomic E-state index is 3.99. The largest absolute Gasteiger partial charge is 0.454 e. The molecule has 2 atom stereocenters. The van der Waals surface area contributed by atoms with Crippen LogP contribution in [0.4, 0.5) is 0 Å². The zero-order valence-corrected chi connectivity index (χ0v) is 6.43. The molecule has 1 fully saturated rings. The van der Waals surface area contributed by atoms with Crippen molar-refractivity contribution in [2.24, 2.45) is 0 Å². The quantitative estimate of drug-likeness (QED) is 0.449. The predicted molar refractivity (Wildman–Crippen MR) is 40.0 cm³/mol. The predicted octanol–water partition coefficient (Wildman–Crippen LogP) is 2.04. The van der Waals surface area contributed by atoms with Crippen LogP contribution in [0.5, 0.6) is 0 Å². The average molecular weight is 126 g/mol. The fourth-order valence-electron chi connectivity index (χ4n) is 1.47. The summed E-state index contributed by atoms with van der Waals surface area (Å²) in [6, 6.07) is 1.41. The normalized spacial score (nSPS) is 39.0. The van der Waals surface area contributed by atoms with Crippen molar-refractivity contribution in [3.8, 4) is 0 Å². The molecule has 0 bridgehead atoms. The minimum Gasteiger partial charge on any atom is -0.454 e. The first-order valence-corrected chi connectivity index (χ1v) is 3.80. The van der Waals surface area contributed by atoms with Gasteiger partial charge in [-0.05, 0) is 24.9 Å². The summed E-state index contributed by atoms with van der Waals surface area (Å²) >= 11 is 0. The Balaban J connectivity index is 2.41. The Kier molecular flexibility index (Phi) is 2.12. The van der Waals surface area contributed by atoms with E-state index < -0.39 is 0 Å². The van der Waals surface area contributed by atoms with Crippen LogP contribution in [-0.2, 0) is 0 Å². The smallest absolute Gasteiger partial charge is 0.0212 e. The van der Waals surface area contributed by atoms with Crippen LogP contribution in [0.1, 0.15) is 33.1 Å². The minimum absolute atomic E-state index is 0.703. The fourth-order valence-corrected chi connectivity index (χ4v) is 1.47. The van der Waals surface area contributed by atoms with Gasteiger partial charge >= 0.3 is 0 Å². The molecule has 1 aliphatic heterocycles. The molecule has 0 spiro atoms. The number of nitrogens with zero attached hydrogens (tertiary/aromatic N) is 1. The summed E-state index contributed by atoms with van der Waals surface area (Å²) in [4.78, 5) is 2.23. The molecule has 0 amide bonds. The molecule has 1 saturated heterocycles. The first kappa shape index (κ1) is 7.07. The van der Waals surface area contributed by atoms with E-state index in [4.69, 9.17) is 0 Å². The third kappa shape index (κ3) is 1.45. The molecule has 0 aliphatic carbocycles. The summed E-state index contributed by atoms with van der Waals surface area (Å²) in [5.41, 5.74) is 0. The van der Waals surface area contributed by atoms with Gasteiger partial charge in [0, 0.05) is 0 Å². The van der Waals surface area contributed by atoms with Gasteiger partial charge in [0.05, 0.1) is 0 Å². The monoisotopic (exact) mass is 126 g/mol. The van der Waals surface area contributed by atoms with Crippen molar-refractivity contribution >= 4 is 0 Å². The van der Waals surface area contributed by atoms with Gasteiger partial charge in [0.1, 0.15) is 0 Å². The molecule has 9 heavy (non-hydrogen) atoms. The molecule has 1 heteroatoms. The molecule has 0 aromatic rings. The fraction of sp³-hybridized carbons (Fsp3) is 0.875. The molecule has 0 aromatic heterocycles. The molecule has 0 radical (unpaired) electrons. The zero-order chi connectivity index (χ0) is 6.85. The highest BCUT2D eigenvalue weighted by molar-refractivity contribution is 4.78. The second-order valence-corrected chi connectivity index (χ2v) is 3.14. The minimum atomic E-state index is 0.703. The second kappa shape index (κ2) is 2.70. The number of piperidine rings is 1. The summed E-state index contributed by atoms with van der Waals surface area (Å²) in [5, 5.41) is 0. The molecular formula is C8H16N-. The number of hydrogen-bond donors (Lipinski definition) is 0. The van der Waals surface area contributed by atoms with E-state index >= 15 is 0 Å². The summed E-state index contributed by atoms with van der Waals surface area (Å²) in [5.74, 6) is 0. The van der Waals surface area contributed by atoms with Crippen molar-refractivity contribution in [2.75, 3.05) is 0 Å². The summed E-state index contributed by atoms with van der Waals surface area (Å²) in [6.45, 7) is 4.51. The molecule has 54 valence electrons. The summed E-state index contributed by atoms with van der Waals surface area (Å²) in [6.07, 6.45) is 4.04. The van der Waals surface area contributed by atoms with E-state index in [0.717, 1.165) is 0 Å². The molecular weight excluding hydrogens is 110 g/mol. The van der Waals surface area contributed by atoms with Crippen LogP contribution in [0.25, 0.3) is 0 Å². The van der Waals surface area contributed by atoms with Crippen molar-refractivity contribution < 1.29 is 0 Å². The second-order valence-electron chi connectivity index (χ2n) is 3.14. The number of rotatable bonds is 0. The highest BCUT2D eigenvalue weighted by atomic mass is 15.2. The Morgan fingerprint density at radius 1 is 1.22 bits per heavy atom. The van der Waals surface area contributed by atoms with Crippen LogP contribution >= 0.6 is 0 Å². The van der Waals surface area contributed by atoms with Crippen molar-refractivity contribution in [2.45, 2.75) is 45.2 Å². The Labute approximate surface area is 58.0 Å². The lowest BCUT2D eigenvalue weighted by Crippen LogP contribution is -2.38. The first-order chi connectivity index (χ1) is 4.22. The van der Waals surface area contributed by atoms with Gasteiger partial charge in [-0.1, -0.05) is 20.3 Å². The Bertz CT molecular complexity index is 80.6. The van der Waals surface area contributed by atoms with E-state index in [-0.39, 0.29) is 0 Å². The molecule has 1 nitrogen and oxygen atoms in total. The highest BCUT2D eigenvalue weighted by Gasteiger charge is 2.15. The van der Waals surface area contributed by atoms with Gasteiger partial charge < -0.3 is 4.90 Å². The molecule has 0 aromatic carbocycles. The highest BCUT2D eigenvalue weighted by Crippen LogP contribution is 2.20. The molecule has 1 aliphatic rings. The van der Waals surface area contributed by atoms with Gasteiger partial charge in [-0.15, -0.1) is 0 Å². The van der Waals surface area contributed by atoms with Crippen LogP contribution in [0, 0.1) is 7.05 Å². The van der Waals surface area contributed by atoms with E-state index in [1.54, 1.807) is 0 Å². The van der Waals surface area contributed by atoms with Gasteiger partial charge in [-0.2, -0.15) is 0 Å². The van der Waals surface area contributed by atoms with E-state index in [9.17, 15) is 0 Å². The van der Waals surface area contributed by atoms with Crippen LogP contribution in [0.3, 0.4) is 0 Å². The lowest BCUT2D eigenvalue weighted by Gasteiger charge is -2.42. The number of hydrogen-bond acceptors (Lipinski definition) is 1. The first-order valence-electron chi connectivity index (χ1n) is 3.80. The van der Waals surface area contributed by atoms with E-state index in [1.807, 2.05) is 0 Å². The molecule has 0 N–H and O–H groups in total. The molecule has 2 unspecified atom stereocenters. The van der Waals surface area contributed by atoms with Gasteiger partial charge in [0.2, 0.25) is 0 Å². The molecule has 1 rings (SSSR count). The van der Waals surface area contributed by atoms with Crippen molar-refractivity contribution in [1.82, 2.24) is 4.90 Å². The van der Waals surface area contributed by atoms with Crippen molar-refractivity contribution in [1.29, 1.82) is 0 Å². The topological polar surface area (TPSA) is 3.24 Å². The van der Waals surface area contributed by atoms with Crippen LogP contribution in [0.15, 0.2) is 0 Å². The molecule has 1 heterocycles. The van der Waals surface area contributed by atoms with Crippen LogP contribution in [-0.4, -0.2) is 17.0 Å². The maximum absolute atomic E-state index is 3.99. The standard InChI is InChI=1S/C8H16N/c1-7-5-4-6-8(2)9(7)3/h7-8H,3-6H2,1-2H3/q-1. The van der Waals surface area contributed by atoms with Gasteiger partial charge in [-0.25, -0.2) is 0 Å². The Morgan fingerprint density at radius 2 is 1.67 bits per heavy atom. The van der Waals surface area contributed by atoms with Gasteiger partial charge in [-0.3, -0.25) is 7.05 Å². The van der Waals surface area contributed by atoms with Crippen LogP contribution in [0.2, 0.25) is 0 Å². The third-order valence-electron chi connectivity index (χ3n) is 2.38. The summed E-state index contributed by atoms with van der Waals surface area (Å²) < 4.78 is 0. The van der Waals surface area contributed by atoms with Gasteiger partial charge in [0.25, 0.3) is 0 Å². The lowest BCUT2D eigenvalue weighted by molar-refractivity contribution is 0.160. The van der Waals surface area contributed by atoms with E-state index in [2.05, 4.69) is 25.8 Å². The summed E-state index contributed by atoms with van der Waals surface area (Å²) in [7, 11) is 3.99. The van der Waals surface area contributed by atoms with Gasteiger partial charge in [0.15, 0.2) is 0 Å². The zero-order valence-electron chi connectivity index (χ0n) is 6.43. The average Bonchev–Trinajstić information content (AvgIpc) is 1.83. The molecule has 0 saturated carbocycles. The van der Waals surface area contributed by atoms with E-state index in [0.29, 0.717) is 12.1 Å². The third-order valence-corrected chi connectivity index (χ3v) is 2.38. The van der Waals surface area contributed by atoms with Crippen molar-refractivity contribution in [3.63, 3.8) is 0 Å². The van der Waals surface area contributed by atoms with Crippen LogP contribution < -0.4 is 0 Å². The number of likely N-dealkylation sites (tertiary alicyclic amines) is 1. The Hall–Kier alpha value is -0.0400.